The van der Waals surface area contributed by atoms with Crippen molar-refractivity contribution in [1.82, 2.24) is 15.6 Å². The lowest BCUT2D eigenvalue weighted by Crippen LogP contribution is -2.46. The second kappa shape index (κ2) is 10.0. The number of carboxylic acid groups (broad SMARTS) is 1. The summed E-state index contributed by atoms with van der Waals surface area (Å²) < 4.78 is 5.52. The number of amides is 2. The number of aromatic carboxylic acids is 1. The molecule has 0 saturated heterocycles. The van der Waals surface area contributed by atoms with E-state index in [1.165, 1.54) is 11.3 Å². The van der Waals surface area contributed by atoms with Crippen molar-refractivity contribution >= 4 is 29.3 Å². The van der Waals surface area contributed by atoms with Crippen molar-refractivity contribution in [3.05, 3.63) is 75.2 Å². The van der Waals surface area contributed by atoms with Gasteiger partial charge in [0.25, 0.3) is 0 Å². The van der Waals surface area contributed by atoms with Crippen LogP contribution in [0.15, 0.2) is 48.5 Å². The Morgan fingerprint density at radius 1 is 1.09 bits per heavy atom. The highest BCUT2D eigenvalue weighted by Gasteiger charge is 2.29. The van der Waals surface area contributed by atoms with E-state index in [4.69, 9.17) is 9.84 Å². The van der Waals surface area contributed by atoms with Gasteiger partial charge in [-0.1, -0.05) is 55.5 Å². The van der Waals surface area contributed by atoms with E-state index in [1.807, 2.05) is 36.4 Å². The Morgan fingerprint density at radius 3 is 2.26 bits per heavy atom. The number of alkyl carbamates (subject to hydrolysis) is 1. The minimum Gasteiger partial charge on any atom is -0.476 e. The zero-order valence-electron chi connectivity index (χ0n) is 18.8. The summed E-state index contributed by atoms with van der Waals surface area (Å²) in [5.41, 5.74) is 4.49. The van der Waals surface area contributed by atoms with Gasteiger partial charge in [0, 0.05) is 10.8 Å². The van der Waals surface area contributed by atoms with Crippen LogP contribution in [0, 0.1) is 6.92 Å². The Kier molecular flexibility index (Phi) is 6.93. The largest absolute Gasteiger partial charge is 0.476 e. The Hall–Kier alpha value is -3.72. The molecule has 8 nitrogen and oxygen atoms in total. The molecule has 0 radical (unpaired) electrons. The Morgan fingerprint density at radius 2 is 1.71 bits per heavy atom. The van der Waals surface area contributed by atoms with Crippen LogP contribution < -0.4 is 10.6 Å². The van der Waals surface area contributed by atoms with Crippen LogP contribution in [0.2, 0.25) is 0 Å². The first-order chi connectivity index (χ1) is 16.4. The summed E-state index contributed by atoms with van der Waals surface area (Å²) >= 11 is 1.21. The van der Waals surface area contributed by atoms with E-state index in [-0.39, 0.29) is 30.7 Å². The number of nitrogens with one attached hydrogen (secondary N) is 2. The third-order valence-electron chi connectivity index (χ3n) is 5.82. The van der Waals surface area contributed by atoms with Crippen LogP contribution in [0.3, 0.4) is 0 Å². The number of aryl methyl sites for hydroxylation is 1. The minimum atomic E-state index is -1.10. The first-order valence-electron chi connectivity index (χ1n) is 11.0. The molecule has 176 valence electrons. The molecule has 0 spiro atoms. The summed E-state index contributed by atoms with van der Waals surface area (Å²) in [6.07, 6.45) is -0.296. The first kappa shape index (κ1) is 23.4. The van der Waals surface area contributed by atoms with E-state index in [0.29, 0.717) is 16.3 Å². The average molecular weight is 480 g/mol. The van der Waals surface area contributed by atoms with Gasteiger partial charge >= 0.3 is 12.1 Å². The molecule has 34 heavy (non-hydrogen) atoms. The molecule has 1 aliphatic carbocycles. The predicted octanol–water partition coefficient (Wildman–Crippen LogP) is 4.08. The van der Waals surface area contributed by atoms with E-state index in [1.54, 1.807) is 13.8 Å². The third kappa shape index (κ3) is 4.79. The number of carboxylic acids is 1. The van der Waals surface area contributed by atoms with E-state index in [2.05, 4.69) is 27.8 Å². The molecule has 2 amide bonds. The highest BCUT2D eigenvalue weighted by molar-refractivity contribution is 7.11. The van der Waals surface area contributed by atoms with Gasteiger partial charge < -0.3 is 20.5 Å². The van der Waals surface area contributed by atoms with Crippen molar-refractivity contribution in [2.24, 2.45) is 0 Å². The molecule has 0 aliphatic heterocycles. The number of carbonyl (C=O) groups is 3. The highest BCUT2D eigenvalue weighted by Crippen LogP contribution is 2.44. The quantitative estimate of drug-likeness (QED) is 0.448. The van der Waals surface area contributed by atoms with Gasteiger partial charge in [-0.05, 0) is 35.6 Å². The molecule has 1 aliphatic rings. The fraction of sp³-hybridized carbons (Fsp3) is 0.280. The van der Waals surface area contributed by atoms with Crippen LogP contribution in [-0.2, 0) is 16.1 Å². The van der Waals surface area contributed by atoms with Crippen LogP contribution in [-0.4, -0.2) is 40.7 Å². The fourth-order valence-electron chi connectivity index (χ4n) is 4.15. The van der Waals surface area contributed by atoms with Crippen molar-refractivity contribution in [3.63, 3.8) is 0 Å². The van der Waals surface area contributed by atoms with Gasteiger partial charge in [0.15, 0.2) is 5.69 Å². The van der Waals surface area contributed by atoms with Gasteiger partial charge in [-0.3, -0.25) is 4.79 Å². The molecule has 4 rings (SSSR count). The second-order valence-electron chi connectivity index (χ2n) is 7.97. The Labute approximate surface area is 201 Å². The van der Waals surface area contributed by atoms with Gasteiger partial charge in [0.1, 0.15) is 17.7 Å². The molecule has 0 unspecified atom stereocenters. The molecule has 0 saturated carbocycles. The lowest BCUT2D eigenvalue weighted by Gasteiger charge is -2.18. The Balaban J connectivity index is 1.33. The first-order valence-corrected chi connectivity index (χ1v) is 11.8. The topological polar surface area (TPSA) is 118 Å². The molecule has 1 heterocycles. The summed E-state index contributed by atoms with van der Waals surface area (Å²) in [7, 11) is 0. The van der Waals surface area contributed by atoms with Crippen molar-refractivity contribution in [3.8, 4) is 11.1 Å². The van der Waals surface area contributed by atoms with E-state index >= 15 is 0 Å². The van der Waals surface area contributed by atoms with Crippen LogP contribution in [0.25, 0.3) is 11.1 Å². The summed E-state index contributed by atoms with van der Waals surface area (Å²) in [5, 5.41) is 14.9. The summed E-state index contributed by atoms with van der Waals surface area (Å²) in [4.78, 5) is 40.8. The molecule has 0 bridgehead atoms. The predicted molar refractivity (Wildman–Crippen MR) is 128 cm³/mol. The van der Waals surface area contributed by atoms with Gasteiger partial charge in [-0.25, -0.2) is 14.6 Å². The summed E-state index contributed by atoms with van der Waals surface area (Å²) in [6.45, 7) is 3.69. The number of thiazole rings is 1. The van der Waals surface area contributed by atoms with Gasteiger partial charge in [-0.15, -0.1) is 11.3 Å². The van der Waals surface area contributed by atoms with E-state index in [0.717, 1.165) is 22.3 Å². The van der Waals surface area contributed by atoms with Gasteiger partial charge in [0.2, 0.25) is 5.91 Å². The number of hydrogen-bond acceptors (Lipinski definition) is 6. The number of benzene rings is 2. The van der Waals surface area contributed by atoms with E-state index < -0.39 is 18.1 Å². The Bertz CT molecular complexity index is 1190. The highest BCUT2D eigenvalue weighted by atomic mass is 32.1. The van der Waals surface area contributed by atoms with Crippen LogP contribution >= 0.6 is 11.3 Å². The van der Waals surface area contributed by atoms with Crippen molar-refractivity contribution in [2.45, 2.75) is 38.8 Å². The number of rotatable bonds is 8. The number of hydrogen-bond donors (Lipinski definition) is 3. The van der Waals surface area contributed by atoms with E-state index in [9.17, 15) is 14.4 Å². The maximum absolute atomic E-state index is 12.6. The third-order valence-corrected chi connectivity index (χ3v) is 6.79. The van der Waals surface area contributed by atoms with Gasteiger partial charge in [-0.2, -0.15) is 0 Å². The molecular formula is C25H25N3O5S. The molecule has 3 N–H and O–H groups in total. The maximum atomic E-state index is 12.6. The molecule has 1 atom stereocenters. The van der Waals surface area contributed by atoms with Crippen molar-refractivity contribution in [2.75, 3.05) is 6.61 Å². The molecule has 2 aromatic carbocycles. The minimum absolute atomic E-state index is 0.0157. The SMILES string of the molecule is CC[C@@H](NC(=O)OCC1c2ccccc2-c2ccccc21)C(=O)NCc1nc(C(=O)O)c(C)s1. The smallest absolute Gasteiger partial charge is 0.407 e. The number of ether oxygens (including phenoxy) is 1. The molecular weight excluding hydrogens is 454 g/mol. The van der Waals surface area contributed by atoms with Crippen molar-refractivity contribution < 1.29 is 24.2 Å². The normalized spacial score (nSPS) is 13.0. The fourth-order valence-corrected chi connectivity index (χ4v) is 5.01. The zero-order valence-corrected chi connectivity index (χ0v) is 19.6. The average Bonchev–Trinajstić information content (AvgIpc) is 3.37. The number of aromatic nitrogens is 1. The molecule has 0 fully saturated rings. The number of carbonyl (C=O) groups excluding carboxylic acids is 2. The molecule has 9 heteroatoms. The maximum Gasteiger partial charge on any atom is 0.407 e. The van der Waals surface area contributed by atoms with Crippen LogP contribution in [0.4, 0.5) is 4.79 Å². The van der Waals surface area contributed by atoms with Crippen LogP contribution in [0.1, 0.15) is 50.8 Å². The van der Waals surface area contributed by atoms with Gasteiger partial charge in [0.05, 0.1) is 6.54 Å². The summed E-state index contributed by atoms with van der Waals surface area (Å²) in [5.74, 6) is -1.56. The number of nitrogens with zero attached hydrogens (tertiary/aromatic N) is 1. The summed E-state index contributed by atoms with van der Waals surface area (Å²) in [6, 6.07) is 15.4. The molecule has 3 aromatic rings. The lowest BCUT2D eigenvalue weighted by atomic mass is 9.98. The lowest BCUT2D eigenvalue weighted by molar-refractivity contribution is -0.123. The van der Waals surface area contributed by atoms with Crippen LogP contribution in [0.5, 0.6) is 0 Å². The monoisotopic (exact) mass is 479 g/mol. The second-order valence-corrected chi connectivity index (χ2v) is 9.25. The molecule has 1 aromatic heterocycles. The number of fused-ring (bicyclic) bond motifs is 3. The zero-order chi connectivity index (χ0) is 24.2. The van der Waals surface area contributed by atoms with Crippen molar-refractivity contribution in [1.29, 1.82) is 0 Å². The standard InChI is InChI=1S/C25H25N3O5S/c1-3-20(23(29)26-12-21-28-22(24(30)31)14(2)34-21)27-25(32)33-13-19-17-10-6-4-8-15(17)16-9-5-7-11-18(16)19/h4-11,19-20H,3,12-13H2,1-2H3,(H,26,29)(H,27,32)(H,30,31)/t20-/m1/s1.